The van der Waals surface area contributed by atoms with Crippen molar-refractivity contribution in [2.24, 2.45) is 0 Å². The molecule has 5 heteroatoms. The van der Waals surface area contributed by atoms with Crippen LogP contribution in [0.15, 0.2) is 285 Å². The van der Waals surface area contributed by atoms with Crippen molar-refractivity contribution in [3.63, 3.8) is 0 Å². The molecule has 0 bridgehead atoms. The molecule has 13 aromatic carbocycles. The first-order valence-corrected chi connectivity index (χ1v) is 32.1. The highest BCUT2D eigenvalue weighted by atomic mass is 15.2. The number of hydrogen-bond donors (Lipinski definition) is 0. The summed E-state index contributed by atoms with van der Waals surface area (Å²) < 4.78 is 7.71. The van der Waals surface area contributed by atoms with Gasteiger partial charge in [-0.25, -0.2) is 0 Å². The fourth-order valence-corrected chi connectivity index (χ4v) is 15.8. The second-order valence-corrected chi connectivity index (χ2v) is 27.2. The molecule has 91 heavy (non-hydrogen) atoms. The summed E-state index contributed by atoms with van der Waals surface area (Å²) in [7, 11) is 0. The van der Waals surface area contributed by atoms with E-state index < -0.39 is 0 Å². The molecule has 0 spiro atoms. The molecule has 2 aliphatic heterocycles. The zero-order valence-corrected chi connectivity index (χ0v) is 52.0. The molecule has 18 rings (SSSR count). The molecule has 0 amide bonds. The van der Waals surface area contributed by atoms with E-state index in [1.54, 1.807) is 0 Å². The van der Waals surface area contributed by atoms with Gasteiger partial charge < -0.3 is 18.6 Å². The van der Waals surface area contributed by atoms with Gasteiger partial charge in [0, 0.05) is 66.3 Å². The van der Waals surface area contributed by atoms with E-state index in [4.69, 9.17) is 0 Å². The summed E-state index contributed by atoms with van der Waals surface area (Å²) in [6.45, 7) is 13.9. The first kappa shape index (κ1) is 53.2. The van der Waals surface area contributed by atoms with Gasteiger partial charge in [-0.2, -0.15) is 0 Å². The number of para-hydroxylation sites is 6. The van der Waals surface area contributed by atoms with Crippen LogP contribution < -0.4 is 21.3 Å². The lowest BCUT2D eigenvalue weighted by Gasteiger charge is -2.42. The van der Waals surface area contributed by atoms with Crippen LogP contribution in [0.4, 0.5) is 17.1 Å². The number of aromatic nitrogens is 3. The van der Waals surface area contributed by atoms with Crippen molar-refractivity contribution in [1.29, 1.82) is 0 Å². The summed E-state index contributed by atoms with van der Waals surface area (Å²) in [5, 5.41) is 7.44. The highest BCUT2D eigenvalue weighted by Crippen LogP contribution is 2.51. The van der Waals surface area contributed by atoms with Gasteiger partial charge >= 0.3 is 0 Å². The minimum Gasteiger partial charge on any atom is -0.311 e. The van der Waals surface area contributed by atoms with Crippen LogP contribution in [0.3, 0.4) is 0 Å². The average molecular weight is 1170 g/mol. The predicted molar refractivity (Wildman–Crippen MR) is 388 cm³/mol. The van der Waals surface area contributed by atoms with E-state index in [1.807, 2.05) is 0 Å². The quantitative estimate of drug-likeness (QED) is 0.145. The normalized spacial score (nSPS) is 12.9. The Morgan fingerprint density at radius 3 is 1.42 bits per heavy atom. The van der Waals surface area contributed by atoms with Crippen LogP contribution in [-0.2, 0) is 10.8 Å². The maximum atomic E-state index is 2.69. The molecule has 0 atom stereocenters. The highest BCUT2D eigenvalue weighted by Gasteiger charge is 2.45. The van der Waals surface area contributed by atoms with Crippen LogP contribution in [-0.4, -0.2) is 20.4 Å². The Balaban J connectivity index is 1.04. The zero-order valence-electron chi connectivity index (χ0n) is 52.0. The van der Waals surface area contributed by atoms with E-state index >= 15 is 0 Å². The van der Waals surface area contributed by atoms with Crippen molar-refractivity contribution in [1.82, 2.24) is 13.7 Å². The fraction of sp³-hybridized carbons (Fsp3) is 0.0930. The van der Waals surface area contributed by atoms with E-state index in [2.05, 4.69) is 345 Å². The number of rotatable bonds is 7. The number of hydrogen-bond acceptors (Lipinski definition) is 1. The monoisotopic (exact) mass is 1160 g/mol. The average Bonchev–Trinajstić information content (AvgIpc) is 1.61. The molecule has 4 nitrogen and oxygen atoms in total. The topological polar surface area (TPSA) is 18.0 Å². The minimum absolute atomic E-state index is 0.0423. The standard InChI is InChI=1S/C86H65BN4/c1-85(2,3)60-43-44-63(70(50-60)86(4,5)6)59-48-79-82-80(49-59)91-74-41-25-21-37-66(74)69-52-78-81(67-38-22-26-42-75(67)89(78)62-33-17-10-18-34-62)83(84(69)91)87(82)71-53-76-68(65-36-20-24-40-73(65)88(76)61-31-15-9-16-32-61)51-77(71)90(79)72-39-23-19-35-64(72)58-46-56(54-27-11-7-12-28-54)45-57(47-58)55-29-13-8-14-30-55/h7-53H,1-6H3. The SMILES string of the molecule is CC(C)(C)c1ccc(-c2cc3c4c(c2)-n2c5ccccc5c5cc6c(c(c52)B4c2cc4c(cc2N3c2ccccc2-c2cc(-c3ccccc3)cc(-c3ccccc3)c2)c2ccccc2n4-c2ccccc2)c2ccccc2n6-c2ccccc2)c(C(C)(C)C)c1. The first-order valence-electron chi connectivity index (χ1n) is 32.1. The Hall–Kier alpha value is -10.9. The Morgan fingerprint density at radius 2 is 0.791 bits per heavy atom. The summed E-state index contributed by atoms with van der Waals surface area (Å²) in [5.74, 6) is 0. The van der Waals surface area contributed by atoms with Crippen molar-refractivity contribution in [3.05, 3.63) is 296 Å². The van der Waals surface area contributed by atoms with Crippen molar-refractivity contribution in [2.45, 2.75) is 52.4 Å². The van der Waals surface area contributed by atoms with Crippen LogP contribution in [0.5, 0.6) is 0 Å². The molecular weight excluding hydrogens is 1100 g/mol. The number of nitrogens with zero attached hydrogens (tertiary/aromatic N) is 4. The van der Waals surface area contributed by atoms with Gasteiger partial charge in [-0.3, -0.25) is 0 Å². The number of benzene rings is 13. The lowest BCUT2D eigenvalue weighted by atomic mass is 9.33. The fourth-order valence-electron chi connectivity index (χ4n) is 15.8. The molecule has 0 N–H and O–H groups in total. The lowest BCUT2D eigenvalue weighted by molar-refractivity contribution is 0.570. The largest absolute Gasteiger partial charge is 0.311 e. The molecule has 5 heterocycles. The molecule has 2 aliphatic rings. The Bertz CT molecular complexity index is 5600. The maximum absolute atomic E-state index is 2.69. The lowest BCUT2D eigenvalue weighted by Crippen LogP contribution is -2.60. The van der Waals surface area contributed by atoms with E-state index in [0.717, 1.165) is 28.2 Å². The van der Waals surface area contributed by atoms with Crippen molar-refractivity contribution < 1.29 is 0 Å². The van der Waals surface area contributed by atoms with Crippen molar-refractivity contribution >= 4 is 106 Å². The Kier molecular flexibility index (Phi) is 11.6. The molecule has 0 fully saturated rings. The maximum Gasteiger partial charge on any atom is 0.253 e. The van der Waals surface area contributed by atoms with Gasteiger partial charge in [0.05, 0.1) is 38.8 Å². The van der Waals surface area contributed by atoms with Crippen molar-refractivity contribution in [3.8, 4) is 61.6 Å². The summed E-state index contributed by atoms with van der Waals surface area (Å²) in [4.78, 5) is 2.69. The van der Waals surface area contributed by atoms with Gasteiger partial charge in [-0.15, -0.1) is 0 Å². The van der Waals surface area contributed by atoms with Crippen LogP contribution in [0, 0.1) is 0 Å². The molecule has 16 aromatic rings. The van der Waals surface area contributed by atoms with E-state index in [1.165, 1.54) is 143 Å². The Morgan fingerprint density at radius 1 is 0.286 bits per heavy atom. The van der Waals surface area contributed by atoms with Crippen LogP contribution in [0.25, 0.3) is 127 Å². The van der Waals surface area contributed by atoms with Gasteiger partial charge in [-0.05, 0) is 174 Å². The molecule has 432 valence electrons. The summed E-state index contributed by atoms with van der Waals surface area (Å²) in [5.41, 5.74) is 29.9. The third-order valence-corrected chi connectivity index (χ3v) is 19.8. The van der Waals surface area contributed by atoms with E-state index in [9.17, 15) is 0 Å². The molecule has 0 radical (unpaired) electrons. The molecule has 0 saturated carbocycles. The Labute approximate surface area is 531 Å². The van der Waals surface area contributed by atoms with Gasteiger partial charge in [0.2, 0.25) is 0 Å². The summed E-state index contributed by atoms with van der Waals surface area (Å²) in [6, 6.07) is 108. The van der Waals surface area contributed by atoms with Crippen LogP contribution in [0.1, 0.15) is 52.7 Å². The van der Waals surface area contributed by atoms with Crippen LogP contribution >= 0.6 is 0 Å². The highest BCUT2D eigenvalue weighted by molar-refractivity contribution is 7.02. The molecule has 3 aromatic heterocycles. The first-order chi connectivity index (χ1) is 44.4. The van der Waals surface area contributed by atoms with Gasteiger partial charge in [0.1, 0.15) is 0 Å². The predicted octanol–water partition coefficient (Wildman–Crippen LogP) is 20.9. The second kappa shape index (κ2) is 19.8. The molecule has 0 unspecified atom stereocenters. The van der Waals surface area contributed by atoms with Gasteiger partial charge in [0.15, 0.2) is 0 Å². The number of anilines is 3. The zero-order chi connectivity index (χ0) is 61.0. The smallest absolute Gasteiger partial charge is 0.253 e. The van der Waals surface area contributed by atoms with Crippen molar-refractivity contribution in [2.75, 3.05) is 4.90 Å². The third-order valence-electron chi connectivity index (χ3n) is 19.8. The third kappa shape index (κ3) is 8.03. The van der Waals surface area contributed by atoms with Crippen LogP contribution in [0.2, 0.25) is 0 Å². The van der Waals surface area contributed by atoms with Gasteiger partial charge in [0.25, 0.3) is 6.71 Å². The van der Waals surface area contributed by atoms with E-state index in [0.29, 0.717) is 0 Å². The molecular formula is C86H65BN4. The molecule has 0 saturated heterocycles. The van der Waals surface area contributed by atoms with Gasteiger partial charge in [-0.1, -0.05) is 230 Å². The second-order valence-electron chi connectivity index (χ2n) is 27.2. The molecule has 0 aliphatic carbocycles. The van der Waals surface area contributed by atoms with E-state index in [-0.39, 0.29) is 17.5 Å². The minimum atomic E-state index is -0.224. The summed E-state index contributed by atoms with van der Waals surface area (Å²) in [6.07, 6.45) is 0. The number of fused-ring (bicyclic) bond motifs is 14. The summed E-state index contributed by atoms with van der Waals surface area (Å²) >= 11 is 0.